The molecule has 0 bridgehead atoms. The Morgan fingerprint density at radius 2 is 1.88 bits per heavy atom. The van der Waals surface area contributed by atoms with Gasteiger partial charge in [0.15, 0.2) is 0 Å². The van der Waals surface area contributed by atoms with Crippen LogP contribution in [0, 0.1) is 18.8 Å². The molecule has 2 saturated heterocycles. The Morgan fingerprint density at radius 1 is 1.15 bits per heavy atom. The number of imide groups is 1. The van der Waals surface area contributed by atoms with Gasteiger partial charge in [-0.25, -0.2) is 0 Å². The van der Waals surface area contributed by atoms with E-state index in [9.17, 15) is 19.2 Å². The standard InChI is InChI=1S/C24H23ClN4O4/c1-12-9-14(25)10-15-20(12)27-23(33)24(15)19-18(16(28-24)11-17(26)30)21(31)29(22(19)32)8-7-13-5-3-2-4-6-13/h2-6,9-10,16,18-19,28H,7-8,11H2,1H3,(H2,26,30)(H,27,33)/t16-,18-,19-,24-/m1/s1. The van der Waals surface area contributed by atoms with Crippen molar-refractivity contribution in [2.24, 2.45) is 17.6 Å². The number of halogens is 1. The summed E-state index contributed by atoms with van der Waals surface area (Å²) in [4.78, 5) is 53.6. The minimum absolute atomic E-state index is 0.170. The molecular formula is C24H23ClN4O4. The maximum Gasteiger partial charge on any atom is 0.250 e. The maximum absolute atomic E-state index is 13.7. The molecule has 33 heavy (non-hydrogen) atoms. The normalized spacial score (nSPS) is 27.8. The summed E-state index contributed by atoms with van der Waals surface area (Å²) in [5.74, 6) is -3.75. The lowest BCUT2D eigenvalue weighted by Gasteiger charge is -2.29. The number of carbonyl (C=O) groups is 4. The molecule has 170 valence electrons. The van der Waals surface area contributed by atoms with Crippen molar-refractivity contribution in [1.82, 2.24) is 10.2 Å². The molecule has 5 rings (SSSR count). The number of primary amides is 1. The number of hydrogen-bond acceptors (Lipinski definition) is 5. The van der Waals surface area contributed by atoms with E-state index in [2.05, 4.69) is 10.6 Å². The molecule has 2 fully saturated rings. The van der Waals surface area contributed by atoms with Crippen molar-refractivity contribution in [3.05, 3.63) is 64.2 Å². The Balaban J connectivity index is 1.57. The number of likely N-dealkylation sites (tertiary alicyclic amines) is 1. The predicted octanol–water partition coefficient (Wildman–Crippen LogP) is 1.49. The molecule has 9 heteroatoms. The molecule has 8 nitrogen and oxygen atoms in total. The highest BCUT2D eigenvalue weighted by molar-refractivity contribution is 6.31. The van der Waals surface area contributed by atoms with Crippen LogP contribution in [0.25, 0.3) is 0 Å². The second kappa shape index (κ2) is 7.67. The third kappa shape index (κ3) is 3.16. The summed E-state index contributed by atoms with van der Waals surface area (Å²) >= 11 is 6.31. The molecule has 3 aliphatic heterocycles. The van der Waals surface area contributed by atoms with Crippen LogP contribution in [0.5, 0.6) is 0 Å². The molecule has 0 aliphatic carbocycles. The maximum atomic E-state index is 13.7. The van der Waals surface area contributed by atoms with E-state index in [0.29, 0.717) is 22.7 Å². The quantitative estimate of drug-likeness (QED) is 0.576. The fourth-order valence-electron chi connectivity index (χ4n) is 5.59. The number of anilines is 1. The van der Waals surface area contributed by atoms with Crippen LogP contribution in [0.3, 0.4) is 0 Å². The summed E-state index contributed by atoms with van der Waals surface area (Å²) < 4.78 is 0. The number of nitrogens with one attached hydrogen (secondary N) is 2. The lowest BCUT2D eigenvalue weighted by molar-refractivity contribution is -0.142. The van der Waals surface area contributed by atoms with Crippen molar-refractivity contribution < 1.29 is 19.2 Å². The van der Waals surface area contributed by atoms with Gasteiger partial charge in [-0.2, -0.15) is 0 Å². The second-order valence-electron chi connectivity index (χ2n) is 8.90. The Kier molecular flexibility index (Phi) is 5.02. The molecule has 0 aromatic heterocycles. The van der Waals surface area contributed by atoms with Crippen molar-refractivity contribution >= 4 is 40.9 Å². The number of fused-ring (bicyclic) bond motifs is 4. The van der Waals surface area contributed by atoms with Gasteiger partial charge in [0, 0.05) is 35.3 Å². The average molecular weight is 467 g/mol. The lowest BCUT2D eigenvalue weighted by atomic mass is 9.76. The largest absolute Gasteiger partial charge is 0.370 e. The number of hydrogen-bond donors (Lipinski definition) is 3. The Bertz CT molecular complexity index is 1200. The summed E-state index contributed by atoms with van der Waals surface area (Å²) in [5.41, 5.74) is 6.79. The van der Waals surface area contributed by atoms with E-state index < -0.39 is 47.0 Å². The minimum atomic E-state index is -1.50. The van der Waals surface area contributed by atoms with Crippen molar-refractivity contribution in [3.63, 3.8) is 0 Å². The van der Waals surface area contributed by atoms with E-state index in [4.69, 9.17) is 17.3 Å². The highest BCUT2D eigenvalue weighted by Crippen LogP contribution is 2.54. The van der Waals surface area contributed by atoms with Crippen molar-refractivity contribution in [1.29, 1.82) is 0 Å². The van der Waals surface area contributed by atoms with Crippen LogP contribution < -0.4 is 16.4 Å². The van der Waals surface area contributed by atoms with Crippen LogP contribution in [0.15, 0.2) is 42.5 Å². The number of aryl methyl sites for hydroxylation is 1. The predicted molar refractivity (Wildman–Crippen MR) is 121 cm³/mol. The molecule has 0 unspecified atom stereocenters. The van der Waals surface area contributed by atoms with Crippen LogP contribution in [0.2, 0.25) is 5.02 Å². The molecule has 3 aliphatic rings. The van der Waals surface area contributed by atoms with Gasteiger partial charge in [0.2, 0.25) is 23.6 Å². The minimum Gasteiger partial charge on any atom is -0.370 e. The van der Waals surface area contributed by atoms with Gasteiger partial charge in [-0.05, 0) is 36.6 Å². The summed E-state index contributed by atoms with van der Waals surface area (Å²) in [5, 5.41) is 6.45. The molecule has 2 aromatic carbocycles. The summed E-state index contributed by atoms with van der Waals surface area (Å²) in [6.07, 6.45) is 0.322. The number of nitrogens with zero attached hydrogens (tertiary/aromatic N) is 1. The molecule has 3 heterocycles. The number of carbonyl (C=O) groups excluding carboxylic acids is 4. The summed E-state index contributed by atoms with van der Waals surface area (Å²) in [6, 6.07) is 12.2. The third-order valence-electron chi connectivity index (χ3n) is 6.97. The molecule has 4 N–H and O–H groups in total. The molecule has 4 atom stereocenters. The first kappa shape index (κ1) is 21.6. The second-order valence-corrected chi connectivity index (χ2v) is 9.33. The smallest absolute Gasteiger partial charge is 0.250 e. The monoisotopic (exact) mass is 466 g/mol. The number of benzene rings is 2. The van der Waals surface area contributed by atoms with E-state index in [1.807, 2.05) is 37.3 Å². The molecule has 4 amide bonds. The SMILES string of the molecule is Cc1cc(Cl)cc2c1NC(=O)[C@@]21N[C@H](CC(N)=O)[C@H]2C(=O)N(CCc3ccccc3)C(=O)[C@@H]21. The summed E-state index contributed by atoms with van der Waals surface area (Å²) in [7, 11) is 0. The Labute approximate surface area is 195 Å². The van der Waals surface area contributed by atoms with Crippen LogP contribution >= 0.6 is 11.6 Å². The first-order valence-corrected chi connectivity index (χ1v) is 11.2. The van der Waals surface area contributed by atoms with Crippen LogP contribution in [0.1, 0.15) is 23.1 Å². The van der Waals surface area contributed by atoms with E-state index in [1.165, 1.54) is 4.90 Å². The van der Waals surface area contributed by atoms with Crippen molar-refractivity contribution in [2.45, 2.75) is 31.3 Å². The zero-order chi connectivity index (χ0) is 23.5. The fraction of sp³-hybridized carbons (Fsp3) is 0.333. The molecule has 0 radical (unpaired) electrons. The molecule has 1 spiro atoms. The van der Waals surface area contributed by atoms with Crippen molar-refractivity contribution in [3.8, 4) is 0 Å². The van der Waals surface area contributed by atoms with Crippen LogP contribution in [-0.2, 0) is 31.1 Å². The van der Waals surface area contributed by atoms with Gasteiger partial charge in [-0.3, -0.25) is 29.4 Å². The van der Waals surface area contributed by atoms with Gasteiger partial charge >= 0.3 is 0 Å². The topological polar surface area (TPSA) is 122 Å². The van der Waals surface area contributed by atoms with Gasteiger partial charge in [0.05, 0.1) is 11.8 Å². The van der Waals surface area contributed by atoms with Gasteiger partial charge in [0.25, 0.3) is 0 Å². The lowest BCUT2D eigenvalue weighted by Crippen LogP contribution is -2.53. The van der Waals surface area contributed by atoms with E-state index in [1.54, 1.807) is 12.1 Å². The van der Waals surface area contributed by atoms with Gasteiger partial charge in [0.1, 0.15) is 5.54 Å². The van der Waals surface area contributed by atoms with Gasteiger partial charge in [-0.15, -0.1) is 0 Å². The average Bonchev–Trinajstić information content (AvgIpc) is 3.33. The van der Waals surface area contributed by atoms with Crippen LogP contribution in [-0.4, -0.2) is 41.1 Å². The number of rotatable bonds is 5. The van der Waals surface area contributed by atoms with Gasteiger partial charge in [-0.1, -0.05) is 41.9 Å². The summed E-state index contributed by atoms with van der Waals surface area (Å²) in [6.45, 7) is 2.00. The zero-order valence-electron chi connectivity index (χ0n) is 17.9. The first-order chi connectivity index (χ1) is 15.7. The van der Waals surface area contributed by atoms with E-state index in [-0.39, 0.29) is 13.0 Å². The number of nitrogens with two attached hydrogens (primary N) is 1. The number of amides is 4. The Morgan fingerprint density at radius 3 is 2.58 bits per heavy atom. The van der Waals surface area contributed by atoms with Crippen molar-refractivity contribution in [2.75, 3.05) is 11.9 Å². The third-order valence-corrected chi connectivity index (χ3v) is 7.18. The molecule has 2 aromatic rings. The molecule has 0 saturated carbocycles. The van der Waals surface area contributed by atoms with Gasteiger partial charge < -0.3 is 11.1 Å². The highest BCUT2D eigenvalue weighted by Gasteiger charge is 2.70. The Hall–Kier alpha value is -3.23. The highest BCUT2D eigenvalue weighted by atomic mass is 35.5. The van der Waals surface area contributed by atoms with E-state index >= 15 is 0 Å². The van der Waals surface area contributed by atoms with E-state index in [0.717, 1.165) is 11.1 Å². The molecular weight excluding hydrogens is 444 g/mol. The first-order valence-electron chi connectivity index (χ1n) is 10.8. The fourth-order valence-corrected chi connectivity index (χ4v) is 5.86. The zero-order valence-corrected chi connectivity index (χ0v) is 18.7. The van der Waals surface area contributed by atoms with Crippen LogP contribution in [0.4, 0.5) is 5.69 Å².